The van der Waals surface area contributed by atoms with Gasteiger partial charge in [0, 0.05) is 17.8 Å². The normalized spacial score (nSPS) is 11.2. The van der Waals surface area contributed by atoms with Gasteiger partial charge in [0.25, 0.3) is 0 Å². The molecule has 37 heavy (non-hydrogen) atoms. The number of halogens is 2. The van der Waals surface area contributed by atoms with Crippen LogP contribution in [0.15, 0.2) is 89.8 Å². The van der Waals surface area contributed by atoms with Crippen molar-refractivity contribution in [2.24, 2.45) is 0 Å². The fourth-order valence-corrected chi connectivity index (χ4v) is 3.79. The Hall–Kier alpha value is -4.99. The van der Waals surface area contributed by atoms with Crippen molar-refractivity contribution in [3.05, 3.63) is 108 Å². The fraction of sp³-hybridized carbons (Fsp3) is 0.0741. The van der Waals surface area contributed by atoms with Crippen LogP contribution in [0.1, 0.15) is 11.5 Å². The highest BCUT2D eigenvalue weighted by Crippen LogP contribution is 2.27. The smallest absolute Gasteiger partial charge is 0.169 e. The predicted molar refractivity (Wildman–Crippen MR) is 129 cm³/mol. The molecule has 4 aromatic rings. The Morgan fingerprint density at radius 3 is 2.59 bits per heavy atom. The van der Waals surface area contributed by atoms with Crippen molar-refractivity contribution in [3.8, 4) is 39.8 Å². The number of aromatic nitrogens is 6. The first-order chi connectivity index (χ1) is 18.1. The van der Waals surface area contributed by atoms with Crippen LogP contribution in [0.25, 0.3) is 34.0 Å². The molecule has 0 N–H and O–H groups in total. The molecule has 8 nitrogen and oxygen atoms in total. The van der Waals surface area contributed by atoms with Crippen LogP contribution < -0.4 is 4.74 Å². The number of fused-ring (bicyclic) bond motifs is 1. The summed E-state index contributed by atoms with van der Waals surface area (Å²) in [5.41, 5.74) is 3.35. The van der Waals surface area contributed by atoms with Gasteiger partial charge in [-0.15, -0.1) is 0 Å². The Balaban J connectivity index is 1.15. The van der Waals surface area contributed by atoms with Crippen molar-refractivity contribution < 1.29 is 18.0 Å². The molecule has 2 aliphatic rings. The topological polar surface area (TPSA) is 91.8 Å². The summed E-state index contributed by atoms with van der Waals surface area (Å²) in [5, 5.41) is 8.48. The molecule has 0 amide bonds. The van der Waals surface area contributed by atoms with Crippen molar-refractivity contribution in [1.29, 1.82) is 0 Å². The Kier molecular flexibility index (Phi) is 5.81. The van der Waals surface area contributed by atoms with E-state index in [-0.39, 0.29) is 11.4 Å². The monoisotopic (exact) mass is 496 g/mol. The van der Waals surface area contributed by atoms with Crippen molar-refractivity contribution in [1.82, 2.24) is 29.9 Å². The van der Waals surface area contributed by atoms with Crippen LogP contribution >= 0.6 is 0 Å². The molecule has 0 bridgehead atoms. The summed E-state index contributed by atoms with van der Waals surface area (Å²) in [6, 6.07) is 18.9. The van der Waals surface area contributed by atoms with Gasteiger partial charge in [0.05, 0.1) is 23.7 Å². The number of benzene rings is 2. The molecular weight excluding hydrogens is 478 g/mol. The number of nitrogens with zero attached hydrogens (tertiary/aromatic N) is 6. The summed E-state index contributed by atoms with van der Waals surface area (Å²) in [7, 11) is 0. The average Bonchev–Trinajstić information content (AvgIpc) is 3.57. The molecule has 182 valence electrons. The minimum atomic E-state index is -0.986. The third-order valence-corrected chi connectivity index (χ3v) is 5.65. The van der Waals surface area contributed by atoms with Crippen LogP contribution in [-0.4, -0.2) is 29.9 Å². The summed E-state index contributed by atoms with van der Waals surface area (Å²) < 4.78 is 40.6. The van der Waals surface area contributed by atoms with Crippen molar-refractivity contribution >= 4 is 0 Å². The Bertz CT molecular complexity index is 1630. The summed E-state index contributed by atoms with van der Waals surface area (Å²) >= 11 is 0. The average molecular weight is 496 g/mol. The summed E-state index contributed by atoms with van der Waals surface area (Å²) in [5.74, 6) is -0.536. The van der Waals surface area contributed by atoms with Crippen LogP contribution in [-0.2, 0) is 13.2 Å². The van der Waals surface area contributed by atoms with Gasteiger partial charge in [-0.05, 0) is 48.5 Å². The second-order valence-corrected chi connectivity index (χ2v) is 8.20. The van der Waals surface area contributed by atoms with E-state index in [0.29, 0.717) is 36.0 Å². The number of hydrogen-bond donors (Lipinski definition) is 0. The van der Waals surface area contributed by atoms with Gasteiger partial charge in [0.1, 0.15) is 36.0 Å². The molecule has 0 fully saturated rings. The van der Waals surface area contributed by atoms with E-state index in [1.807, 2.05) is 48.5 Å². The third-order valence-electron chi connectivity index (χ3n) is 5.65. The maximum atomic E-state index is 14.2. The molecule has 0 aliphatic carbocycles. The molecule has 2 aromatic heterocycles. The fourth-order valence-electron chi connectivity index (χ4n) is 3.79. The van der Waals surface area contributed by atoms with Gasteiger partial charge < -0.3 is 9.26 Å². The van der Waals surface area contributed by atoms with Crippen LogP contribution in [0, 0.1) is 11.6 Å². The second kappa shape index (κ2) is 9.57. The largest absolute Gasteiger partial charge is 0.487 e. The Labute approximate surface area is 209 Å². The van der Waals surface area contributed by atoms with Crippen molar-refractivity contribution in [2.45, 2.75) is 13.2 Å². The van der Waals surface area contributed by atoms with Gasteiger partial charge in [0.2, 0.25) is 0 Å². The summed E-state index contributed by atoms with van der Waals surface area (Å²) in [6.07, 6.45) is 4.91. The lowest BCUT2D eigenvalue weighted by atomic mass is 10.1. The van der Waals surface area contributed by atoms with Crippen molar-refractivity contribution in [2.75, 3.05) is 0 Å². The molecule has 0 saturated carbocycles. The predicted octanol–water partition coefficient (Wildman–Crippen LogP) is 5.40. The van der Waals surface area contributed by atoms with Gasteiger partial charge in [-0.2, -0.15) is 5.10 Å². The van der Waals surface area contributed by atoms with E-state index >= 15 is 0 Å². The van der Waals surface area contributed by atoms with E-state index < -0.39 is 11.6 Å². The molecule has 0 unspecified atom stereocenters. The Morgan fingerprint density at radius 1 is 0.892 bits per heavy atom. The standard InChI is InChI=1S/C27H18F2N6O2/c28-22-6-3-5-21(26(22)29)27-32-24-13-31-35(15-25(24)33-27)14-20-12-23(34-37-20)17-7-9-19(10-8-17)36-16-18-4-1-2-11-30-18/h1-13,15H,14,16H2. The molecule has 2 aliphatic heterocycles. The molecule has 0 spiro atoms. The SMILES string of the molecule is Fc1cccc(-c2nc3cnn(Cc4cc(-c5ccc(OCc6ccccn6)cc5)no4)cc-3n2)c1F. The lowest BCUT2D eigenvalue weighted by Crippen LogP contribution is -2.04. The lowest BCUT2D eigenvalue weighted by Gasteiger charge is -2.06. The van der Waals surface area contributed by atoms with Crippen LogP contribution in [0.5, 0.6) is 5.75 Å². The molecule has 0 saturated heterocycles. The molecule has 0 radical (unpaired) electrons. The molecule has 6 rings (SSSR count). The highest BCUT2D eigenvalue weighted by atomic mass is 19.2. The summed E-state index contributed by atoms with van der Waals surface area (Å²) in [4.78, 5) is 12.9. The minimum Gasteiger partial charge on any atom is -0.487 e. The second-order valence-electron chi connectivity index (χ2n) is 8.20. The molecule has 0 atom stereocenters. The van der Waals surface area contributed by atoms with Gasteiger partial charge in [-0.1, -0.05) is 17.3 Å². The number of hydrogen-bond acceptors (Lipinski definition) is 7. The van der Waals surface area contributed by atoms with Crippen LogP contribution in [0.2, 0.25) is 0 Å². The number of ether oxygens (including phenoxy) is 1. The first-order valence-corrected chi connectivity index (χ1v) is 11.4. The highest BCUT2D eigenvalue weighted by molar-refractivity contribution is 5.65. The zero-order valence-electron chi connectivity index (χ0n) is 19.3. The van der Waals surface area contributed by atoms with E-state index in [2.05, 4.69) is 25.2 Å². The number of imidazole rings is 1. The third kappa shape index (κ3) is 4.76. The maximum absolute atomic E-state index is 14.2. The highest BCUT2D eigenvalue weighted by Gasteiger charge is 2.18. The zero-order chi connectivity index (χ0) is 25.2. The summed E-state index contributed by atoms with van der Waals surface area (Å²) in [6.45, 7) is 0.681. The minimum absolute atomic E-state index is 0.00391. The van der Waals surface area contributed by atoms with E-state index in [1.54, 1.807) is 17.1 Å². The van der Waals surface area contributed by atoms with Gasteiger partial charge in [-0.3, -0.25) is 9.67 Å². The van der Waals surface area contributed by atoms with E-state index in [4.69, 9.17) is 9.26 Å². The quantitative estimate of drug-likeness (QED) is 0.292. The van der Waals surface area contributed by atoms with Crippen molar-refractivity contribution in [3.63, 3.8) is 0 Å². The lowest BCUT2D eigenvalue weighted by molar-refractivity contribution is 0.301. The van der Waals surface area contributed by atoms with Gasteiger partial charge in [0.15, 0.2) is 23.2 Å². The van der Waals surface area contributed by atoms with E-state index in [1.165, 1.54) is 18.3 Å². The number of pyridine rings is 1. The van der Waals surface area contributed by atoms with E-state index in [0.717, 1.165) is 23.1 Å². The van der Waals surface area contributed by atoms with Gasteiger partial charge >= 0.3 is 0 Å². The maximum Gasteiger partial charge on any atom is 0.169 e. The molecule has 2 aromatic carbocycles. The Morgan fingerprint density at radius 2 is 1.76 bits per heavy atom. The molecular formula is C27H18F2N6O2. The zero-order valence-corrected chi connectivity index (χ0v) is 19.3. The van der Waals surface area contributed by atoms with Crippen LogP contribution in [0.4, 0.5) is 8.78 Å². The van der Waals surface area contributed by atoms with Gasteiger partial charge in [-0.25, -0.2) is 18.7 Å². The molecule has 4 heterocycles. The first kappa shape index (κ1) is 22.5. The van der Waals surface area contributed by atoms with Crippen LogP contribution in [0.3, 0.4) is 0 Å². The molecule has 10 heteroatoms. The first-order valence-electron chi connectivity index (χ1n) is 11.4. The number of rotatable bonds is 7. The van der Waals surface area contributed by atoms with E-state index in [9.17, 15) is 8.78 Å².